The van der Waals surface area contributed by atoms with Crippen LogP contribution in [0.2, 0.25) is 0 Å². The normalized spacial score (nSPS) is 16.6. The Hall–Kier alpha value is -4.73. The fourth-order valence-corrected chi connectivity index (χ4v) is 4.18. The van der Waals surface area contributed by atoms with Crippen molar-refractivity contribution in [3.8, 4) is 0 Å². The van der Waals surface area contributed by atoms with Gasteiger partial charge in [0.05, 0.1) is 16.9 Å². The lowest BCUT2D eigenvalue weighted by molar-refractivity contribution is 0.0685. The van der Waals surface area contributed by atoms with Crippen LogP contribution in [0.15, 0.2) is 79.3 Å². The standard InChI is InChI=1S/C25H23N7O3/c1-25(2)22(16-7-4-3-5-8-16)32(24(34)35-25)17-10-13-27-20(15-17)30-31-23(33)29-19-11-14-26-18-9-6-12-28-21(18)19/h3-15,22H,1-2H3,(H,27,30)(H2,26,29,31,33). The molecule has 1 aliphatic rings. The summed E-state index contributed by atoms with van der Waals surface area (Å²) >= 11 is 0. The van der Waals surface area contributed by atoms with E-state index in [2.05, 4.69) is 31.1 Å². The first-order valence-electron chi connectivity index (χ1n) is 11.0. The Bertz CT molecular complexity index is 1390. The first kappa shape index (κ1) is 22.1. The van der Waals surface area contributed by atoms with E-state index >= 15 is 0 Å². The van der Waals surface area contributed by atoms with Crippen molar-refractivity contribution in [1.82, 2.24) is 20.4 Å². The van der Waals surface area contributed by atoms with Gasteiger partial charge in [-0.05, 0) is 43.7 Å². The predicted molar refractivity (Wildman–Crippen MR) is 132 cm³/mol. The van der Waals surface area contributed by atoms with Gasteiger partial charge in [0.25, 0.3) is 0 Å². The monoisotopic (exact) mass is 469 g/mol. The largest absolute Gasteiger partial charge is 0.441 e. The molecule has 3 N–H and O–H groups in total. The molecule has 4 aromatic rings. The lowest BCUT2D eigenvalue weighted by Crippen LogP contribution is -2.35. The minimum atomic E-state index is -0.741. The van der Waals surface area contributed by atoms with E-state index in [1.807, 2.05) is 50.2 Å². The Kier molecular flexibility index (Phi) is 5.61. The van der Waals surface area contributed by atoms with Gasteiger partial charge in [-0.15, -0.1) is 0 Å². The molecule has 0 spiro atoms. The number of ether oxygens (including phenoxy) is 1. The zero-order valence-corrected chi connectivity index (χ0v) is 19.1. The summed E-state index contributed by atoms with van der Waals surface area (Å²) in [6, 6.07) is 17.5. The number of cyclic esters (lactones) is 1. The van der Waals surface area contributed by atoms with Crippen LogP contribution in [0.4, 0.5) is 26.8 Å². The Morgan fingerprint density at radius 1 is 0.971 bits per heavy atom. The second-order valence-electron chi connectivity index (χ2n) is 8.49. The summed E-state index contributed by atoms with van der Waals surface area (Å²) in [4.78, 5) is 39.7. The number of amides is 3. The number of benzene rings is 1. The number of pyridine rings is 3. The van der Waals surface area contributed by atoms with Crippen LogP contribution in [0.3, 0.4) is 0 Å². The highest BCUT2D eigenvalue weighted by Gasteiger charge is 2.49. The SMILES string of the molecule is CC1(C)OC(=O)N(c2ccnc(NNC(=O)Nc3ccnc4cccnc34)c2)C1c1ccccc1. The van der Waals surface area contributed by atoms with Crippen LogP contribution in [-0.4, -0.2) is 32.7 Å². The summed E-state index contributed by atoms with van der Waals surface area (Å²) in [5.41, 5.74) is 7.89. The van der Waals surface area contributed by atoms with Gasteiger partial charge in [-0.25, -0.2) is 14.6 Å². The molecule has 4 heterocycles. The molecule has 1 fully saturated rings. The highest BCUT2D eigenvalue weighted by molar-refractivity contribution is 5.98. The first-order chi connectivity index (χ1) is 16.9. The van der Waals surface area contributed by atoms with E-state index in [1.54, 1.807) is 47.8 Å². The highest BCUT2D eigenvalue weighted by Crippen LogP contribution is 2.43. The number of hydrogen-bond donors (Lipinski definition) is 3. The number of hydrogen-bond acceptors (Lipinski definition) is 7. The molecule has 0 aliphatic carbocycles. The fraction of sp³-hybridized carbons (Fsp3) is 0.160. The third kappa shape index (κ3) is 4.41. The third-order valence-corrected chi connectivity index (χ3v) is 5.65. The molecule has 35 heavy (non-hydrogen) atoms. The molecule has 1 saturated heterocycles. The molecular formula is C25H23N7O3. The number of carbonyl (C=O) groups excluding carboxylic acids is 2. The maximum atomic E-state index is 12.8. The first-order valence-corrected chi connectivity index (χ1v) is 11.0. The van der Waals surface area contributed by atoms with Gasteiger partial charge in [0.15, 0.2) is 0 Å². The Morgan fingerprint density at radius 2 is 1.77 bits per heavy atom. The van der Waals surface area contributed by atoms with Gasteiger partial charge in [-0.3, -0.25) is 25.7 Å². The van der Waals surface area contributed by atoms with E-state index in [0.717, 1.165) is 5.56 Å². The molecule has 1 atom stereocenters. The average Bonchev–Trinajstić information content (AvgIpc) is 3.11. The van der Waals surface area contributed by atoms with Crippen LogP contribution in [0.1, 0.15) is 25.5 Å². The molecular weight excluding hydrogens is 446 g/mol. The molecule has 0 radical (unpaired) electrons. The maximum Gasteiger partial charge on any atom is 0.415 e. The zero-order valence-electron chi connectivity index (χ0n) is 19.1. The van der Waals surface area contributed by atoms with E-state index in [-0.39, 0.29) is 6.04 Å². The van der Waals surface area contributed by atoms with E-state index in [0.29, 0.717) is 28.2 Å². The van der Waals surface area contributed by atoms with Crippen molar-refractivity contribution in [2.75, 3.05) is 15.6 Å². The van der Waals surface area contributed by atoms with Gasteiger partial charge in [-0.2, -0.15) is 0 Å². The second-order valence-corrected chi connectivity index (χ2v) is 8.49. The summed E-state index contributed by atoms with van der Waals surface area (Å²) in [5, 5.41) is 2.74. The fourth-order valence-electron chi connectivity index (χ4n) is 4.18. The number of rotatable bonds is 5. The number of anilines is 3. The Morgan fingerprint density at radius 3 is 2.60 bits per heavy atom. The number of nitrogens with zero attached hydrogens (tertiary/aromatic N) is 4. The quantitative estimate of drug-likeness (QED) is 0.364. The van der Waals surface area contributed by atoms with Crippen LogP contribution in [-0.2, 0) is 4.74 Å². The summed E-state index contributed by atoms with van der Waals surface area (Å²) < 4.78 is 5.68. The smallest absolute Gasteiger partial charge is 0.415 e. The van der Waals surface area contributed by atoms with E-state index < -0.39 is 17.7 Å². The van der Waals surface area contributed by atoms with E-state index in [4.69, 9.17) is 4.74 Å². The number of aromatic nitrogens is 3. The van der Waals surface area contributed by atoms with Crippen molar-refractivity contribution in [2.45, 2.75) is 25.5 Å². The maximum absolute atomic E-state index is 12.8. The van der Waals surface area contributed by atoms with Crippen LogP contribution in [0.5, 0.6) is 0 Å². The predicted octanol–water partition coefficient (Wildman–Crippen LogP) is 4.65. The molecule has 3 amide bonds. The molecule has 0 saturated carbocycles. The molecule has 10 nitrogen and oxygen atoms in total. The summed E-state index contributed by atoms with van der Waals surface area (Å²) in [5.74, 6) is 0.347. The Balaban J connectivity index is 1.32. The molecule has 176 valence electrons. The van der Waals surface area contributed by atoms with Crippen molar-refractivity contribution >= 4 is 40.4 Å². The van der Waals surface area contributed by atoms with Crippen LogP contribution in [0.25, 0.3) is 11.0 Å². The summed E-state index contributed by atoms with van der Waals surface area (Å²) in [6.45, 7) is 3.76. The van der Waals surface area contributed by atoms with Crippen LogP contribution >= 0.6 is 0 Å². The molecule has 0 bridgehead atoms. The van der Waals surface area contributed by atoms with Crippen LogP contribution < -0.4 is 21.1 Å². The van der Waals surface area contributed by atoms with Gasteiger partial charge >= 0.3 is 12.1 Å². The van der Waals surface area contributed by atoms with Gasteiger partial charge in [0, 0.05) is 24.7 Å². The number of urea groups is 1. The Labute approximate surface area is 201 Å². The van der Waals surface area contributed by atoms with Crippen molar-refractivity contribution < 1.29 is 14.3 Å². The van der Waals surface area contributed by atoms with Crippen molar-refractivity contribution in [2.24, 2.45) is 0 Å². The van der Waals surface area contributed by atoms with Gasteiger partial charge in [0.2, 0.25) is 0 Å². The van der Waals surface area contributed by atoms with Gasteiger partial charge in [0.1, 0.15) is 23.0 Å². The van der Waals surface area contributed by atoms with Gasteiger partial charge < -0.3 is 10.1 Å². The highest BCUT2D eigenvalue weighted by atomic mass is 16.6. The van der Waals surface area contributed by atoms with Crippen molar-refractivity contribution in [3.63, 3.8) is 0 Å². The number of carbonyl (C=O) groups is 2. The molecule has 5 rings (SSSR count). The lowest BCUT2D eigenvalue weighted by atomic mass is 9.91. The molecule has 1 unspecified atom stereocenters. The number of nitrogens with one attached hydrogen (secondary N) is 3. The minimum absolute atomic E-state index is 0.338. The topological polar surface area (TPSA) is 121 Å². The summed E-state index contributed by atoms with van der Waals surface area (Å²) in [6.07, 6.45) is 4.33. The molecule has 1 aromatic carbocycles. The zero-order chi connectivity index (χ0) is 24.4. The summed E-state index contributed by atoms with van der Waals surface area (Å²) in [7, 11) is 0. The lowest BCUT2D eigenvalue weighted by Gasteiger charge is -2.29. The second kappa shape index (κ2) is 8.90. The van der Waals surface area contributed by atoms with Crippen molar-refractivity contribution in [1.29, 1.82) is 0 Å². The molecule has 3 aromatic heterocycles. The number of fused-ring (bicyclic) bond motifs is 1. The van der Waals surface area contributed by atoms with Crippen molar-refractivity contribution in [3.05, 3.63) is 84.8 Å². The minimum Gasteiger partial charge on any atom is -0.441 e. The van der Waals surface area contributed by atoms with E-state index in [9.17, 15) is 9.59 Å². The number of hydrazine groups is 1. The molecule has 1 aliphatic heterocycles. The average molecular weight is 470 g/mol. The van der Waals surface area contributed by atoms with Gasteiger partial charge in [-0.1, -0.05) is 30.3 Å². The third-order valence-electron chi connectivity index (χ3n) is 5.65. The van der Waals surface area contributed by atoms with E-state index in [1.165, 1.54) is 0 Å². The molecule has 10 heteroatoms. The van der Waals surface area contributed by atoms with Crippen LogP contribution in [0, 0.1) is 0 Å².